The lowest BCUT2D eigenvalue weighted by Gasteiger charge is -2.11. The van der Waals surface area contributed by atoms with Crippen LogP contribution in [0.4, 0.5) is 5.95 Å². The summed E-state index contributed by atoms with van der Waals surface area (Å²) in [6.45, 7) is 5.56. The molecule has 2 aromatic carbocycles. The van der Waals surface area contributed by atoms with Gasteiger partial charge in [0.1, 0.15) is 6.54 Å². The van der Waals surface area contributed by atoms with Crippen molar-refractivity contribution in [2.75, 3.05) is 18.5 Å². The third-order valence-electron chi connectivity index (χ3n) is 5.13. The second-order valence-electron chi connectivity index (χ2n) is 7.27. The smallest absolute Gasteiger partial charge is 0.275 e. The zero-order valence-corrected chi connectivity index (χ0v) is 17.7. The highest BCUT2D eigenvalue weighted by atomic mass is 16.5. The number of hydrogen-bond donors (Lipinski definition) is 1. The Balaban J connectivity index is 1.58. The van der Waals surface area contributed by atoms with Crippen LogP contribution in [0, 0.1) is 6.92 Å². The van der Waals surface area contributed by atoms with Crippen molar-refractivity contribution in [1.29, 1.82) is 0 Å². The molecule has 0 radical (unpaired) electrons. The highest BCUT2D eigenvalue weighted by Crippen LogP contribution is 2.20. The van der Waals surface area contributed by atoms with Gasteiger partial charge in [0.05, 0.1) is 22.1 Å². The van der Waals surface area contributed by atoms with Gasteiger partial charge in [0.25, 0.3) is 5.56 Å². The summed E-state index contributed by atoms with van der Waals surface area (Å²) in [6, 6.07) is 15.0. The minimum atomic E-state index is -0.356. The Morgan fingerprint density at radius 3 is 2.65 bits per heavy atom. The van der Waals surface area contributed by atoms with E-state index in [2.05, 4.69) is 15.4 Å². The molecule has 31 heavy (non-hydrogen) atoms. The first kappa shape index (κ1) is 20.7. The van der Waals surface area contributed by atoms with Crippen molar-refractivity contribution >= 4 is 33.7 Å². The van der Waals surface area contributed by atoms with Crippen LogP contribution < -0.4 is 10.9 Å². The number of benzene rings is 2. The minimum absolute atomic E-state index is 0.188. The van der Waals surface area contributed by atoms with Gasteiger partial charge in [0.15, 0.2) is 0 Å². The molecule has 0 saturated carbocycles. The number of aryl methyl sites for hydroxylation is 2. The molecule has 2 aromatic heterocycles. The number of aromatic nitrogens is 4. The molecule has 1 amide bonds. The molecule has 160 valence electrons. The molecule has 0 spiro atoms. The van der Waals surface area contributed by atoms with Gasteiger partial charge in [-0.2, -0.15) is 5.10 Å². The van der Waals surface area contributed by atoms with Crippen LogP contribution in [0.2, 0.25) is 0 Å². The number of imidazole rings is 1. The van der Waals surface area contributed by atoms with Gasteiger partial charge in [-0.15, -0.1) is 0 Å². The Labute approximate surface area is 179 Å². The number of para-hydroxylation sites is 2. The summed E-state index contributed by atoms with van der Waals surface area (Å²) in [7, 11) is 0. The molecule has 1 N–H and O–H groups in total. The number of fused-ring (bicyclic) bond motifs is 2. The first-order valence-corrected chi connectivity index (χ1v) is 10.4. The second-order valence-corrected chi connectivity index (χ2v) is 7.27. The zero-order valence-electron chi connectivity index (χ0n) is 17.7. The van der Waals surface area contributed by atoms with Crippen molar-refractivity contribution in [2.45, 2.75) is 33.4 Å². The minimum Gasteiger partial charge on any atom is -0.382 e. The summed E-state index contributed by atoms with van der Waals surface area (Å²) in [5.74, 6) is 0.0962. The molecule has 2 heterocycles. The molecule has 0 aliphatic heterocycles. The number of carbonyl (C=O) groups excluding carboxylic acids is 1. The second kappa shape index (κ2) is 9.09. The van der Waals surface area contributed by atoms with Crippen LogP contribution in [0.15, 0.2) is 53.3 Å². The first-order valence-electron chi connectivity index (χ1n) is 10.4. The average Bonchev–Trinajstić information content (AvgIpc) is 3.11. The average molecular weight is 419 g/mol. The third kappa shape index (κ3) is 4.34. The number of anilines is 1. The van der Waals surface area contributed by atoms with Crippen LogP contribution in [0.5, 0.6) is 0 Å². The topological polar surface area (TPSA) is 91.0 Å². The predicted molar refractivity (Wildman–Crippen MR) is 120 cm³/mol. The van der Waals surface area contributed by atoms with Crippen LogP contribution in [0.3, 0.4) is 0 Å². The van der Waals surface area contributed by atoms with Crippen molar-refractivity contribution in [2.24, 2.45) is 0 Å². The van der Waals surface area contributed by atoms with E-state index >= 15 is 0 Å². The molecular weight excluding hydrogens is 394 g/mol. The molecule has 8 nitrogen and oxygen atoms in total. The van der Waals surface area contributed by atoms with Crippen molar-refractivity contribution in [1.82, 2.24) is 19.3 Å². The molecule has 0 bridgehead atoms. The van der Waals surface area contributed by atoms with Gasteiger partial charge in [-0.3, -0.25) is 14.9 Å². The van der Waals surface area contributed by atoms with Crippen molar-refractivity contribution in [3.8, 4) is 0 Å². The first-order chi connectivity index (χ1) is 15.1. The lowest BCUT2D eigenvalue weighted by Crippen LogP contribution is -2.31. The Hall–Kier alpha value is -3.52. The number of ether oxygens (including phenoxy) is 1. The molecule has 0 aliphatic rings. The summed E-state index contributed by atoms with van der Waals surface area (Å²) in [5.41, 5.74) is 2.14. The van der Waals surface area contributed by atoms with E-state index in [0.717, 1.165) is 22.8 Å². The van der Waals surface area contributed by atoms with Crippen molar-refractivity contribution in [3.63, 3.8) is 0 Å². The van der Waals surface area contributed by atoms with E-state index in [1.807, 2.05) is 54.8 Å². The predicted octanol–water partition coefficient (Wildman–Crippen LogP) is 3.12. The fourth-order valence-corrected chi connectivity index (χ4v) is 3.68. The van der Waals surface area contributed by atoms with E-state index in [0.29, 0.717) is 36.8 Å². The molecule has 4 rings (SSSR count). The van der Waals surface area contributed by atoms with Crippen LogP contribution in [-0.4, -0.2) is 38.5 Å². The van der Waals surface area contributed by atoms with E-state index in [-0.39, 0.29) is 18.0 Å². The molecule has 0 unspecified atom stereocenters. The van der Waals surface area contributed by atoms with E-state index in [1.54, 1.807) is 12.1 Å². The number of amides is 1. The molecule has 0 atom stereocenters. The maximum atomic E-state index is 12.8. The Morgan fingerprint density at radius 1 is 1.10 bits per heavy atom. The van der Waals surface area contributed by atoms with Crippen LogP contribution in [0.25, 0.3) is 21.8 Å². The Morgan fingerprint density at radius 2 is 1.84 bits per heavy atom. The monoisotopic (exact) mass is 419 g/mol. The number of nitrogens with one attached hydrogen (secondary N) is 1. The highest BCUT2D eigenvalue weighted by Gasteiger charge is 2.15. The molecule has 0 fully saturated rings. The lowest BCUT2D eigenvalue weighted by atomic mass is 10.1. The van der Waals surface area contributed by atoms with Gasteiger partial charge >= 0.3 is 0 Å². The summed E-state index contributed by atoms with van der Waals surface area (Å²) in [5, 5.41) is 8.51. The van der Waals surface area contributed by atoms with Gasteiger partial charge in [-0.1, -0.05) is 30.3 Å². The van der Waals surface area contributed by atoms with Gasteiger partial charge < -0.3 is 9.30 Å². The fourth-order valence-electron chi connectivity index (χ4n) is 3.68. The standard InChI is InChI=1S/C23H25N5O3/c1-3-31-14-8-13-27-20-12-7-6-11-19(20)24-23(27)25-21(29)15-28-22(30)18-10-5-4-9-17(18)16(2)26-28/h4-7,9-12H,3,8,13-15H2,1-2H3,(H,24,25,29). The van der Waals surface area contributed by atoms with Crippen LogP contribution in [0.1, 0.15) is 19.0 Å². The molecular formula is C23H25N5O3. The Kier molecular flexibility index (Phi) is 6.08. The van der Waals surface area contributed by atoms with E-state index in [9.17, 15) is 9.59 Å². The number of rotatable bonds is 8. The van der Waals surface area contributed by atoms with Crippen LogP contribution in [-0.2, 0) is 22.6 Å². The normalized spacial score (nSPS) is 11.3. The van der Waals surface area contributed by atoms with Crippen molar-refractivity contribution in [3.05, 3.63) is 64.6 Å². The van der Waals surface area contributed by atoms with Crippen LogP contribution >= 0.6 is 0 Å². The van der Waals surface area contributed by atoms with Gasteiger partial charge in [-0.25, -0.2) is 9.67 Å². The summed E-state index contributed by atoms with van der Waals surface area (Å²) >= 11 is 0. The van der Waals surface area contributed by atoms with E-state index in [4.69, 9.17) is 4.74 Å². The largest absolute Gasteiger partial charge is 0.382 e. The quantitative estimate of drug-likeness (QED) is 0.443. The SMILES string of the molecule is CCOCCCn1c(NC(=O)Cn2nc(C)c3ccccc3c2=O)nc2ccccc21. The molecule has 0 aliphatic carbocycles. The maximum absolute atomic E-state index is 12.8. The van der Waals surface area contributed by atoms with Crippen molar-refractivity contribution < 1.29 is 9.53 Å². The lowest BCUT2D eigenvalue weighted by molar-refractivity contribution is -0.117. The number of nitrogens with zero attached hydrogens (tertiary/aromatic N) is 4. The summed E-state index contributed by atoms with van der Waals surface area (Å²) in [4.78, 5) is 30.1. The Bertz CT molecular complexity index is 1290. The number of hydrogen-bond acceptors (Lipinski definition) is 5. The van der Waals surface area contributed by atoms with E-state index < -0.39 is 0 Å². The molecule has 4 aromatic rings. The third-order valence-corrected chi connectivity index (χ3v) is 5.13. The fraction of sp³-hybridized carbons (Fsp3) is 0.304. The molecule has 0 saturated heterocycles. The maximum Gasteiger partial charge on any atom is 0.275 e. The summed E-state index contributed by atoms with van der Waals surface area (Å²) in [6.07, 6.45) is 0.794. The number of carbonyl (C=O) groups is 1. The highest BCUT2D eigenvalue weighted by molar-refractivity contribution is 5.91. The van der Waals surface area contributed by atoms with Gasteiger partial charge in [0, 0.05) is 25.1 Å². The van der Waals surface area contributed by atoms with E-state index in [1.165, 1.54) is 4.68 Å². The van der Waals surface area contributed by atoms with Gasteiger partial charge in [0.2, 0.25) is 11.9 Å². The molecule has 8 heteroatoms. The summed E-state index contributed by atoms with van der Waals surface area (Å²) < 4.78 is 8.61. The van der Waals surface area contributed by atoms with Gasteiger partial charge in [-0.05, 0) is 38.5 Å². The zero-order chi connectivity index (χ0) is 21.8.